The molecule has 0 bridgehead atoms. The highest BCUT2D eigenvalue weighted by Crippen LogP contribution is 2.49. The molecule has 2 nitrogen and oxygen atoms in total. The standard InChI is InChI=1S/C25H40N2/c1-7-27(20(2)3)23-12-13-25(22-11-9-8-10-21(22)23)15-18-26(19-16-25)17-14-24(4,5)6/h8-11,23H,2,7,12-19H2,1,3-6H3. The molecule has 0 amide bonds. The zero-order valence-electron chi connectivity index (χ0n) is 18.4. The number of hydrogen-bond acceptors (Lipinski definition) is 2. The first-order valence-corrected chi connectivity index (χ1v) is 11.0. The molecule has 2 heteroatoms. The predicted molar refractivity (Wildman–Crippen MR) is 117 cm³/mol. The monoisotopic (exact) mass is 368 g/mol. The number of piperidine rings is 1. The van der Waals surface area contributed by atoms with Crippen LogP contribution in [0.1, 0.15) is 83.9 Å². The summed E-state index contributed by atoms with van der Waals surface area (Å²) in [5.41, 5.74) is 5.24. The summed E-state index contributed by atoms with van der Waals surface area (Å²) in [5.74, 6) is 0. The highest BCUT2D eigenvalue weighted by molar-refractivity contribution is 5.40. The number of likely N-dealkylation sites (tertiary alicyclic amines) is 1. The summed E-state index contributed by atoms with van der Waals surface area (Å²) in [6.45, 7) is 20.5. The highest BCUT2D eigenvalue weighted by atomic mass is 15.2. The van der Waals surface area contributed by atoms with Gasteiger partial charge >= 0.3 is 0 Å². The average molecular weight is 369 g/mol. The van der Waals surface area contributed by atoms with Gasteiger partial charge in [-0.25, -0.2) is 0 Å². The normalized spacial score (nSPS) is 22.5. The molecule has 3 rings (SSSR count). The van der Waals surface area contributed by atoms with Crippen LogP contribution in [-0.2, 0) is 5.41 Å². The van der Waals surface area contributed by atoms with Crippen molar-refractivity contribution in [3.63, 3.8) is 0 Å². The average Bonchev–Trinajstić information content (AvgIpc) is 2.63. The molecule has 1 aromatic carbocycles. The Kier molecular flexibility index (Phi) is 6.05. The molecule has 1 spiro atoms. The van der Waals surface area contributed by atoms with E-state index in [0.717, 1.165) is 6.54 Å². The molecule has 1 aliphatic heterocycles. The minimum Gasteiger partial charge on any atom is -0.369 e. The van der Waals surface area contributed by atoms with Gasteiger partial charge in [-0.15, -0.1) is 0 Å². The molecular weight excluding hydrogens is 328 g/mol. The van der Waals surface area contributed by atoms with Gasteiger partial charge in [-0.1, -0.05) is 51.6 Å². The first kappa shape index (κ1) is 20.5. The van der Waals surface area contributed by atoms with Gasteiger partial charge in [0, 0.05) is 12.2 Å². The lowest BCUT2D eigenvalue weighted by Gasteiger charge is -2.49. The maximum Gasteiger partial charge on any atom is 0.0542 e. The van der Waals surface area contributed by atoms with E-state index in [0.29, 0.717) is 16.9 Å². The molecule has 0 saturated carbocycles. The number of fused-ring (bicyclic) bond motifs is 2. The van der Waals surface area contributed by atoms with Gasteiger partial charge in [0.25, 0.3) is 0 Å². The SMILES string of the molecule is C=C(C)N(CC)C1CCC2(CCN(CCC(C)(C)C)CC2)c2ccccc21. The fourth-order valence-corrected chi connectivity index (χ4v) is 5.27. The van der Waals surface area contributed by atoms with Crippen LogP contribution < -0.4 is 0 Å². The van der Waals surface area contributed by atoms with Gasteiger partial charge in [0.15, 0.2) is 0 Å². The van der Waals surface area contributed by atoms with Crippen LogP contribution in [0.4, 0.5) is 0 Å². The van der Waals surface area contributed by atoms with Gasteiger partial charge in [0.05, 0.1) is 6.04 Å². The lowest BCUT2D eigenvalue weighted by molar-refractivity contribution is 0.115. The number of allylic oxidation sites excluding steroid dienone is 1. The van der Waals surface area contributed by atoms with Crippen molar-refractivity contribution >= 4 is 0 Å². The van der Waals surface area contributed by atoms with Crippen molar-refractivity contribution in [3.05, 3.63) is 47.7 Å². The van der Waals surface area contributed by atoms with Crippen molar-refractivity contribution in [2.45, 2.75) is 78.2 Å². The van der Waals surface area contributed by atoms with Crippen molar-refractivity contribution in [3.8, 4) is 0 Å². The molecule has 27 heavy (non-hydrogen) atoms. The van der Waals surface area contributed by atoms with E-state index in [1.165, 1.54) is 57.4 Å². The second-order valence-corrected chi connectivity index (χ2v) is 10.1. The Labute approximate surface area is 167 Å². The van der Waals surface area contributed by atoms with Gasteiger partial charge in [-0.3, -0.25) is 0 Å². The van der Waals surface area contributed by atoms with E-state index >= 15 is 0 Å². The van der Waals surface area contributed by atoms with Gasteiger partial charge in [-0.2, -0.15) is 0 Å². The quantitative estimate of drug-likeness (QED) is 0.615. The number of hydrogen-bond donors (Lipinski definition) is 0. The Balaban J connectivity index is 1.77. The molecule has 1 unspecified atom stereocenters. The Morgan fingerprint density at radius 1 is 1.19 bits per heavy atom. The van der Waals surface area contributed by atoms with E-state index in [4.69, 9.17) is 0 Å². The number of benzene rings is 1. The smallest absolute Gasteiger partial charge is 0.0542 e. The molecule has 0 N–H and O–H groups in total. The summed E-state index contributed by atoms with van der Waals surface area (Å²) in [5, 5.41) is 0. The minimum absolute atomic E-state index is 0.403. The molecule has 1 fully saturated rings. The third-order valence-corrected chi connectivity index (χ3v) is 6.99. The van der Waals surface area contributed by atoms with Crippen molar-refractivity contribution in [1.29, 1.82) is 0 Å². The van der Waals surface area contributed by atoms with E-state index in [1.54, 1.807) is 11.1 Å². The van der Waals surface area contributed by atoms with Crippen LogP contribution in [-0.4, -0.2) is 36.0 Å². The predicted octanol–water partition coefficient (Wildman–Crippen LogP) is 6.15. The van der Waals surface area contributed by atoms with Gasteiger partial charge in [-0.05, 0) is 87.5 Å². The maximum absolute atomic E-state index is 4.25. The van der Waals surface area contributed by atoms with Crippen molar-refractivity contribution in [2.75, 3.05) is 26.2 Å². The number of rotatable bonds is 5. The van der Waals surface area contributed by atoms with E-state index in [2.05, 4.69) is 75.3 Å². The first-order chi connectivity index (χ1) is 12.8. The van der Waals surface area contributed by atoms with Crippen LogP contribution >= 0.6 is 0 Å². The van der Waals surface area contributed by atoms with Gasteiger partial charge < -0.3 is 9.80 Å². The molecule has 0 radical (unpaired) electrons. The molecular formula is C25H40N2. The molecule has 1 heterocycles. The zero-order valence-corrected chi connectivity index (χ0v) is 18.4. The maximum atomic E-state index is 4.25. The van der Waals surface area contributed by atoms with Crippen LogP contribution in [0.25, 0.3) is 0 Å². The molecule has 1 aromatic rings. The molecule has 1 saturated heterocycles. The summed E-state index contributed by atoms with van der Waals surface area (Å²) in [6.07, 6.45) is 6.52. The van der Waals surface area contributed by atoms with E-state index in [1.807, 2.05) is 0 Å². The third kappa shape index (κ3) is 4.42. The second kappa shape index (κ2) is 7.99. The van der Waals surface area contributed by atoms with E-state index in [9.17, 15) is 0 Å². The molecule has 0 aromatic heterocycles. The zero-order chi connectivity index (χ0) is 19.7. The minimum atomic E-state index is 0.403. The summed E-state index contributed by atoms with van der Waals surface area (Å²) >= 11 is 0. The molecule has 1 atom stereocenters. The Morgan fingerprint density at radius 2 is 1.85 bits per heavy atom. The summed E-state index contributed by atoms with van der Waals surface area (Å²) in [6, 6.07) is 9.81. The van der Waals surface area contributed by atoms with Crippen LogP contribution in [0.2, 0.25) is 0 Å². The van der Waals surface area contributed by atoms with Crippen molar-refractivity contribution < 1.29 is 0 Å². The van der Waals surface area contributed by atoms with Crippen molar-refractivity contribution in [1.82, 2.24) is 9.80 Å². The highest BCUT2D eigenvalue weighted by Gasteiger charge is 2.42. The topological polar surface area (TPSA) is 6.48 Å². The van der Waals surface area contributed by atoms with Gasteiger partial charge in [0.1, 0.15) is 0 Å². The van der Waals surface area contributed by atoms with Crippen LogP contribution in [0.5, 0.6) is 0 Å². The number of nitrogens with zero attached hydrogens (tertiary/aromatic N) is 2. The molecule has 2 aliphatic rings. The summed E-state index contributed by atoms with van der Waals surface area (Å²) < 4.78 is 0. The molecule has 150 valence electrons. The van der Waals surface area contributed by atoms with E-state index in [-0.39, 0.29) is 0 Å². The van der Waals surface area contributed by atoms with Crippen LogP contribution in [0, 0.1) is 5.41 Å². The largest absolute Gasteiger partial charge is 0.369 e. The second-order valence-electron chi connectivity index (χ2n) is 10.1. The first-order valence-electron chi connectivity index (χ1n) is 11.0. The lowest BCUT2D eigenvalue weighted by atomic mass is 9.63. The Bertz CT molecular complexity index is 647. The molecule has 1 aliphatic carbocycles. The fraction of sp³-hybridized carbons (Fsp3) is 0.680. The summed E-state index contributed by atoms with van der Waals surface area (Å²) in [7, 11) is 0. The van der Waals surface area contributed by atoms with E-state index < -0.39 is 0 Å². The Morgan fingerprint density at radius 3 is 2.44 bits per heavy atom. The van der Waals surface area contributed by atoms with Gasteiger partial charge in [0.2, 0.25) is 0 Å². The Hall–Kier alpha value is -1.28. The van der Waals surface area contributed by atoms with Crippen molar-refractivity contribution in [2.24, 2.45) is 5.41 Å². The van der Waals surface area contributed by atoms with Crippen LogP contribution in [0.15, 0.2) is 36.5 Å². The fourth-order valence-electron chi connectivity index (χ4n) is 5.27. The summed E-state index contributed by atoms with van der Waals surface area (Å²) in [4.78, 5) is 5.21. The third-order valence-electron chi connectivity index (χ3n) is 6.99. The van der Waals surface area contributed by atoms with Crippen LogP contribution in [0.3, 0.4) is 0 Å². The lowest BCUT2D eigenvalue weighted by Crippen LogP contribution is -2.46.